The maximum Gasteiger partial charge on any atom is 0.225 e. The van der Waals surface area contributed by atoms with Crippen molar-refractivity contribution in [1.82, 2.24) is 10.6 Å². The molecule has 0 aromatic carbocycles. The van der Waals surface area contributed by atoms with E-state index >= 15 is 0 Å². The predicted octanol–water partition coefficient (Wildman–Crippen LogP) is 6.22. The van der Waals surface area contributed by atoms with Crippen molar-refractivity contribution >= 4 is 5.91 Å². The minimum absolute atomic E-state index is 0.179. The van der Waals surface area contributed by atoms with Crippen LogP contribution in [0.4, 0.5) is 0 Å². The number of amides is 1. The molecule has 1 aliphatic heterocycles. The van der Waals surface area contributed by atoms with Gasteiger partial charge in [0.15, 0.2) is 0 Å². The third-order valence-electron chi connectivity index (χ3n) is 8.08. The van der Waals surface area contributed by atoms with Gasteiger partial charge >= 0.3 is 0 Å². The Kier molecular flexibility index (Phi) is 8.48. The molecule has 2 aliphatic carbocycles. The molecule has 1 saturated heterocycles. The second-order valence-corrected chi connectivity index (χ2v) is 11.8. The highest BCUT2D eigenvalue weighted by Crippen LogP contribution is 2.45. The summed E-state index contributed by atoms with van der Waals surface area (Å²) >= 11 is 0. The van der Waals surface area contributed by atoms with E-state index in [1.807, 2.05) is 0 Å². The van der Waals surface area contributed by atoms with E-state index in [0.29, 0.717) is 17.4 Å². The Balaban J connectivity index is 1.62. The molecule has 1 amide bonds. The highest BCUT2D eigenvalue weighted by molar-refractivity contribution is 5.80. The summed E-state index contributed by atoms with van der Waals surface area (Å²) in [5, 5.41) is 7.13. The van der Waals surface area contributed by atoms with Crippen molar-refractivity contribution in [3.8, 4) is 0 Å². The molecule has 0 aromatic rings. The van der Waals surface area contributed by atoms with Gasteiger partial charge in [-0.3, -0.25) is 4.79 Å². The van der Waals surface area contributed by atoms with Gasteiger partial charge < -0.3 is 10.6 Å². The molecule has 3 heteroatoms. The molecule has 0 radical (unpaired) electrons. The first kappa shape index (κ1) is 23.1. The van der Waals surface area contributed by atoms with E-state index in [9.17, 15) is 4.79 Å². The van der Waals surface area contributed by atoms with Crippen LogP contribution in [0.5, 0.6) is 0 Å². The van der Waals surface area contributed by atoms with Crippen molar-refractivity contribution in [2.75, 3.05) is 13.1 Å². The summed E-state index contributed by atoms with van der Waals surface area (Å²) in [6, 6.07) is 0.405. The number of carbonyl (C=O) groups is 1. The minimum Gasteiger partial charge on any atom is -0.353 e. The molecule has 3 unspecified atom stereocenters. The first-order chi connectivity index (χ1) is 13.9. The van der Waals surface area contributed by atoms with Gasteiger partial charge in [0.1, 0.15) is 0 Å². The van der Waals surface area contributed by atoms with Crippen LogP contribution in [0.15, 0.2) is 0 Å². The molecule has 3 aliphatic rings. The maximum atomic E-state index is 13.5. The van der Waals surface area contributed by atoms with Gasteiger partial charge in [0, 0.05) is 12.6 Å². The SMILES string of the molecule is CC(C)(C)CC1CCCC(NC(=O)C2CNCCC23CCCCCCCCC3)C1. The molecule has 29 heavy (non-hydrogen) atoms. The third kappa shape index (κ3) is 6.97. The smallest absolute Gasteiger partial charge is 0.225 e. The molecule has 2 N–H and O–H groups in total. The van der Waals surface area contributed by atoms with Gasteiger partial charge in [0.2, 0.25) is 5.91 Å². The van der Waals surface area contributed by atoms with Crippen LogP contribution in [-0.2, 0) is 4.79 Å². The highest BCUT2D eigenvalue weighted by Gasteiger charge is 2.44. The van der Waals surface area contributed by atoms with E-state index < -0.39 is 0 Å². The largest absolute Gasteiger partial charge is 0.353 e. The average Bonchev–Trinajstić information content (AvgIpc) is 2.66. The predicted molar refractivity (Wildman–Crippen MR) is 123 cm³/mol. The number of piperidine rings is 1. The van der Waals surface area contributed by atoms with Gasteiger partial charge in [-0.2, -0.15) is 0 Å². The number of rotatable bonds is 3. The normalized spacial score (nSPS) is 31.9. The second kappa shape index (κ2) is 10.6. The van der Waals surface area contributed by atoms with Crippen LogP contribution in [-0.4, -0.2) is 25.0 Å². The Bertz CT molecular complexity index is 499. The summed E-state index contributed by atoms with van der Waals surface area (Å²) < 4.78 is 0. The van der Waals surface area contributed by atoms with E-state index in [-0.39, 0.29) is 11.3 Å². The second-order valence-electron chi connectivity index (χ2n) is 11.8. The van der Waals surface area contributed by atoms with E-state index in [2.05, 4.69) is 31.4 Å². The molecular weight excluding hydrogens is 356 g/mol. The van der Waals surface area contributed by atoms with Crippen LogP contribution in [0.25, 0.3) is 0 Å². The molecule has 3 fully saturated rings. The minimum atomic E-state index is 0.179. The molecule has 3 atom stereocenters. The van der Waals surface area contributed by atoms with E-state index in [1.54, 1.807) is 0 Å². The number of carbonyl (C=O) groups excluding carboxylic acids is 1. The molecule has 3 rings (SSSR count). The standard InChI is InChI=1S/C26H48N2O/c1-25(2,3)19-21-12-11-13-22(18-21)28-24(29)23-20-27-17-16-26(23)14-9-7-5-4-6-8-10-15-26/h21-23,27H,4-20H2,1-3H3,(H,28,29). The summed E-state index contributed by atoms with van der Waals surface area (Å²) in [7, 11) is 0. The summed E-state index contributed by atoms with van der Waals surface area (Å²) in [5.41, 5.74) is 0.649. The van der Waals surface area contributed by atoms with Crippen LogP contribution in [0, 0.1) is 22.7 Å². The molecule has 3 nitrogen and oxygen atoms in total. The summed E-state index contributed by atoms with van der Waals surface area (Å²) in [5.74, 6) is 1.33. The number of nitrogens with one attached hydrogen (secondary N) is 2. The Morgan fingerprint density at radius 3 is 2.24 bits per heavy atom. The molecule has 0 bridgehead atoms. The summed E-state index contributed by atoms with van der Waals surface area (Å²) in [6.45, 7) is 9.05. The lowest BCUT2D eigenvalue weighted by molar-refractivity contribution is -0.132. The van der Waals surface area contributed by atoms with Crippen LogP contribution in [0.2, 0.25) is 0 Å². The van der Waals surface area contributed by atoms with Crippen LogP contribution in [0.3, 0.4) is 0 Å². The topological polar surface area (TPSA) is 41.1 Å². The molecule has 0 aromatic heterocycles. The maximum absolute atomic E-state index is 13.5. The van der Waals surface area contributed by atoms with Gasteiger partial charge in [0.25, 0.3) is 0 Å². The Hall–Kier alpha value is -0.570. The fourth-order valence-corrected chi connectivity index (χ4v) is 6.68. The quantitative estimate of drug-likeness (QED) is 0.586. The molecule has 2 saturated carbocycles. The van der Waals surface area contributed by atoms with Crippen molar-refractivity contribution in [2.45, 2.75) is 123 Å². The lowest BCUT2D eigenvalue weighted by atomic mass is 9.64. The van der Waals surface area contributed by atoms with Crippen LogP contribution < -0.4 is 10.6 Å². The van der Waals surface area contributed by atoms with Gasteiger partial charge in [-0.05, 0) is 61.8 Å². The molecule has 1 heterocycles. The summed E-state index contributed by atoms with van der Waals surface area (Å²) in [6.07, 6.45) is 19.6. The van der Waals surface area contributed by atoms with E-state index in [1.165, 1.54) is 96.3 Å². The average molecular weight is 405 g/mol. The van der Waals surface area contributed by atoms with Crippen molar-refractivity contribution in [3.05, 3.63) is 0 Å². The fourth-order valence-electron chi connectivity index (χ4n) is 6.68. The zero-order valence-corrected chi connectivity index (χ0v) is 19.7. The summed E-state index contributed by atoms with van der Waals surface area (Å²) in [4.78, 5) is 13.5. The lowest BCUT2D eigenvalue weighted by Crippen LogP contribution is -2.54. The Labute approximate surface area is 180 Å². The number of hydrogen-bond donors (Lipinski definition) is 2. The molecule has 168 valence electrons. The molecule has 1 spiro atoms. The van der Waals surface area contributed by atoms with Gasteiger partial charge in [-0.15, -0.1) is 0 Å². The van der Waals surface area contributed by atoms with Crippen LogP contribution in [0.1, 0.15) is 117 Å². The Morgan fingerprint density at radius 2 is 1.59 bits per heavy atom. The van der Waals surface area contributed by atoms with Gasteiger partial charge in [-0.1, -0.05) is 78.6 Å². The zero-order valence-electron chi connectivity index (χ0n) is 19.7. The first-order valence-electron chi connectivity index (χ1n) is 12.9. The lowest BCUT2D eigenvalue weighted by Gasteiger charge is -2.45. The number of hydrogen-bond acceptors (Lipinski definition) is 2. The molecular formula is C26H48N2O. The van der Waals surface area contributed by atoms with Crippen LogP contribution >= 0.6 is 0 Å². The highest BCUT2D eigenvalue weighted by atomic mass is 16.2. The van der Waals surface area contributed by atoms with Crippen molar-refractivity contribution < 1.29 is 4.79 Å². The van der Waals surface area contributed by atoms with Crippen molar-refractivity contribution in [2.24, 2.45) is 22.7 Å². The monoisotopic (exact) mass is 404 g/mol. The van der Waals surface area contributed by atoms with E-state index in [0.717, 1.165) is 19.0 Å². The Morgan fingerprint density at radius 1 is 0.931 bits per heavy atom. The third-order valence-corrected chi connectivity index (χ3v) is 8.08. The van der Waals surface area contributed by atoms with Gasteiger partial charge in [-0.25, -0.2) is 0 Å². The van der Waals surface area contributed by atoms with Crippen molar-refractivity contribution in [3.63, 3.8) is 0 Å². The first-order valence-corrected chi connectivity index (χ1v) is 12.9. The van der Waals surface area contributed by atoms with Gasteiger partial charge in [0.05, 0.1) is 5.92 Å². The van der Waals surface area contributed by atoms with Crippen molar-refractivity contribution in [1.29, 1.82) is 0 Å². The van der Waals surface area contributed by atoms with E-state index in [4.69, 9.17) is 0 Å². The fraction of sp³-hybridized carbons (Fsp3) is 0.962. The zero-order chi connectivity index (χ0) is 20.7.